The molecule has 0 unspecified atom stereocenters. The van der Waals surface area contributed by atoms with Crippen molar-refractivity contribution in [3.63, 3.8) is 0 Å². The van der Waals surface area contributed by atoms with Crippen molar-refractivity contribution in [2.75, 3.05) is 38.2 Å². The maximum absolute atomic E-state index is 14.2. The van der Waals surface area contributed by atoms with Crippen LogP contribution in [0.15, 0.2) is 48.5 Å². The van der Waals surface area contributed by atoms with Gasteiger partial charge in [0.2, 0.25) is 0 Å². The summed E-state index contributed by atoms with van der Waals surface area (Å²) in [6.07, 6.45) is 0. The molecular formula is C23H29FN6O. The fourth-order valence-electron chi connectivity index (χ4n) is 4.27. The molecule has 0 N–H and O–H groups in total. The lowest BCUT2D eigenvalue weighted by Crippen LogP contribution is -2.49. The number of hydrogen-bond donors (Lipinski definition) is 0. The summed E-state index contributed by atoms with van der Waals surface area (Å²) in [6, 6.07) is 15.0. The Bertz CT molecular complexity index is 982. The van der Waals surface area contributed by atoms with Crippen LogP contribution in [0.4, 0.5) is 10.1 Å². The van der Waals surface area contributed by atoms with E-state index in [9.17, 15) is 4.39 Å². The first kappa shape index (κ1) is 21.2. The summed E-state index contributed by atoms with van der Waals surface area (Å²) >= 11 is 0. The molecule has 0 radical (unpaired) electrons. The monoisotopic (exact) mass is 424 g/mol. The molecule has 2 heterocycles. The fourth-order valence-corrected chi connectivity index (χ4v) is 4.27. The number of nitrogens with zero attached hydrogens (tertiary/aromatic N) is 6. The number of benzene rings is 2. The van der Waals surface area contributed by atoms with Crippen LogP contribution in [0.3, 0.4) is 0 Å². The minimum Gasteiger partial charge on any atom is -0.497 e. The number of ether oxygens (including phenoxy) is 1. The van der Waals surface area contributed by atoms with E-state index in [1.807, 2.05) is 41.1 Å². The largest absolute Gasteiger partial charge is 0.497 e. The maximum atomic E-state index is 14.2. The normalized spacial score (nSPS) is 16.0. The zero-order chi connectivity index (χ0) is 21.8. The number of aromatic nitrogens is 4. The third-order valence-corrected chi connectivity index (χ3v) is 5.85. The van der Waals surface area contributed by atoms with Gasteiger partial charge in [0, 0.05) is 26.2 Å². The molecule has 0 amide bonds. The van der Waals surface area contributed by atoms with Crippen molar-refractivity contribution < 1.29 is 9.13 Å². The van der Waals surface area contributed by atoms with E-state index in [1.165, 1.54) is 6.07 Å². The first-order chi connectivity index (χ1) is 15.1. The van der Waals surface area contributed by atoms with Crippen LogP contribution >= 0.6 is 0 Å². The van der Waals surface area contributed by atoms with Gasteiger partial charge in [-0.15, -0.1) is 5.10 Å². The molecule has 0 aliphatic carbocycles. The average molecular weight is 425 g/mol. The minimum atomic E-state index is -0.167. The van der Waals surface area contributed by atoms with E-state index in [1.54, 1.807) is 13.2 Å². The molecule has 0 bridgehead atoms. The van der Waals surface area contributed by atoms with Gasteiger partial charge in [-0.3, -0.25) is 4.90 Å². The van der Waals surface area contributed by atoms with Crippen LogP contribution in [0.5, 0.6) is 5.75 Å². The predicted octanol–water partition coefficient (Wildman–Crippen LogP) is 3.39. The lowest BCUT2D eigenvalue weighted by Gasteiger charge is -2.41. The number of halogens is 1. The van der Waals surface area contributed by atoms with Crippen LogP contribution in [-0.2, 0) is 6.54 Å². The SMILES string of the molecule is COc1ccc(Cn2nnnc2[C@H](C(C)C)N2CCN(c3ccccc3F)CC2)cc1. The molecule has 1 saturated heterocycles. The summed E-state index contributed by atoms with van der Waals surface area (Å²) < 4.78 is 21.3. The van der Waals surface area contributed by atoms with Crippen molar-refractivity contribution in [3.8, 4) is 5.75 Å². The van der Waals surface area contributed by atoms with Gasteiger partial charge in [-0.05, 0) is 46.2 Å². The minimum absolute atomic E-state index is 0.0935. The van der Waals surface area contributed by atoms with Gasteiger partial charge in [0.15, 0.2) is 5.82 Å². The molecule has 31 heavy (non-hydrogen) atoms. The van der Waals surface area contributed by atoms with Crippen molar-refractivity contribution in [2.24, 2.45) is 5.92 Å². The number of tetrazole rings is 1. The number of para-hydroxylation sites is 1. The van der Waals surface area contributed by atoms with Crippen LogP contribution < -0.4 is 9.64 Å². The van der Waals surface area contributed by atoms with Gasteiger partial charge in [0.1, 0.15) is 11.6 Å². The first-order valence-corrected chi connectivity index (χ1v) is 10.7. The second kappa shape index (κ2) is 9.43. The molecule has 0 saturated carbocycles. The summed E-state index contributed by atoms with van der Waals surface area (Å²) in [5, 5.41) is 12.6. The standard InChI is InChI=1S/C23H29FN6O/c1-17(2)22(29-14-12-28(13-15-29)21-7-5-4-6-20(21)24)23-25-26-27-30(23)16-18-8-10-19(31-3)11-9-18/h4-11,17,22H,12-16H2,1-3H3/t22-/m0/s1. The highest BCUT2D eigenvalue weighted by Gasteiger charge is 2.32. The molecule has 3 aromatic rings. The van der Waals surface area contributed by atoms with Crippen LogP contribution in [0.25, 0.3) is 0 Å². The molecule has 1 fully saturated rings. The third-order valence-electron chi connectivity index (χ3n) is 5.85. The second-order valence-electron chi connectivity index (χ2n) is 8.21. The average Bonchev–Trinajstić information content (AvgIpc) is 3.22. The molecule has 1 atom stereocenters. The van der Waals surface area contributed by atoms with Gasteiger partial charge in [-0.2, -0.15) is 0 Å². The Morgan fingerprint density at radius 2 is 1.71 bits per heavy atom. The Morgan fingerprint density at radius 3 is 2.35 bits per heavy atom. The molecule has 4 rings (SSSR count). The predicted molar refractivity (Wildman–Crippen MR) is 118 cm³/mol. The lowest BCUT2D eigenvalue weighted by molar-refractivity contribution is 0.135. The quantitative estimate of drug-likeness (QED) is 0.580. The Kier molecular flexibility index (Phi) is 6.46. The van der Waals surface area contributed by atoms with Crippen molar-refractivity contribution in [2.45, 2.75) is 26.4 Å². The first-order valence-electron chi connectivity index (χ1n) is 10.7. The molecule has 164 valence electrons. The molecule has 0 spiro atoms. The molecule has 2 aromatic carbocycles. The molecule has 1 aliphatic rings. The fraction of sp³-hybridized carbons (Fsp3) is 0.435. The lowest BCUT2D eigenvalue weighted by atomic mass is 10.0. The number of hydrogen-bond acceptors (Lipinski definition) is 6. The van der Waals surface area contributed by atoms with Gasteiger partial charge in [-0.1, -0.05) is 38.1 Å². The maximum Gasteiger partial charge on any atom is 0.169 e. The molecule has 1 aliphatic heterocycles. The molecule has 1 aromatic heterocycles. The second-order valence-corrected chi connectivity index (χ2v) is 8.21. The summed E-state index contributed by atoms with van der Waals surface area (Å²) in [5.74, 6) is 1.86. The van der Waals surface area contributed by atoms with E-state index in [0.29, 0.717) is 18.2 Å². The van der Waals surface area contributed by atoms with E-state index in [-0.39, 0.29) is 11.9 Å². The van der Waals surface area contributed by atoms with Crippen molar-refractivity contribution in [1.82, 2.24) is 25.1 Å². The van der Waals surface area contributed by atoms with E-state index in [2.05, 4.69) is 39.2 Å². The van der Waals surface area contributed by atoms with Crippen LogP contribution in [0.1, 0.15) is 31.3 Å². The highest BCUT2D eigenvalue weighted by molar-refractivity contribution is 5.48. The molecular weight excluding hydrogens is 395 g/mol. The van der Waals surface area contributed by atoms with E-state index < -0.39 is 0 Å². The summed E-state index contributed by atoms with van der Waals surface area (Å²) in [7, 11) is 1.66. The van der Waals surface area contributed by atoms with Crippen molar-refractivity contribution >= 4 is 5.69 Å². The highest BCUT2D eigenvalue weighted by Crippen LogP contribution is 2.30. The van der Waals surface area contributed by atoms with E-state index in [4.69, 9.17) is 4.74 Å². The van der Waals surface area contributed by atoms with Gasteiger partial charge < -0.3 is 9.64 Å². The van der Waals surface area contributed by atoms with Crippen LogP contribution in [0.2, 0.25) is 0 Å². The summed E-state index contributed by atoms with van der Waals surface area (Å²) in [6.45, 7) is 8.18. The van der Waals surface area contributed by atoms with Gasteiger partial charge >= 0.3 is 0 Å². The van der Waals surface area contributed by atoms with Gasteiger partial charge in [-0.25, -0.2) is 9.07 Å². The Labute approximate surface area is 182 Å². The number of anilines is 1. The zero-order valence-electron chi connectivity index (χ0n) is 18.3. The summed E-state index contributed by atoms with van der Waals surface area (Å²) in [5.41, 5.74) is 1.79. The molecule has 7 nitrogen and oxygen atoms in total. The number of methoxy groups -OCH3 is 1. The van der Waals surface area contributed by atoms with E-state index in [0.717, 1.165) is 43.3 Å². The summed E-state index contributed by atoms with van der Waals surface area (Å²) in [4.78, 5) is 4.53. The van der Waals surface area contributed by atoms with Crippen molar-refractivity contribution in [3.05, 3.63) is 65.7 Å². The highest BCUT2D eigenvalue weighted by atomic mass is 19.1. The Morgan fingerprint density at radius 1 is 1.00 bits per heavy atom. The Balaban J connectivity index is 1.49. The number of piperazine rings is 1. The Hall–Kier alpha value is -3.00. The van der Waals surface area contributed by atoms with Crippen LogP contribution in [-0.4, -0.2) is 58.4 Å². The van der Waals surface area contributed by atoms with Gasteiger partial charge in [0.25, 0.3) is 0 Å². The molecule has 8 heteroatoms. The van der Waals surface area contributed by atoms with Crippen LogP contribution in [0, 0.1) is 11.7 Å². The topological polar surface area (TPSA) is 59.3 Å². The zero-order valence-corrected chi connectivity index (χ0v) is 18.3. The number of rotatable bonds is 7. The smallest absolute Gasteiger partial charge is 0.169 e. The van der Waals surface area contributed by atoms with Gasteiger partial charge in [0.05, 0.1) is 25.4 Å². The van der Waals surface area contributed by atoms with E-state index >= 15 is 0 Å². The third kappa shape index (κ3) is 4.69. The van der Waals surface area contributed by atoms with Crippen molar-refractivity contribution in [1.29, 1.82) is 0 Å².